The third-order valence-electron chi connectivity index (χ3n) is 3.65. The van der Waals surface area contributed by atoms with Crippen molar-refractivity contribution in [3.8, 4) is 0 Å². The molecule has 7 heteroatoms. The molecule has 0 aliphatic heterocycles. The number of aromatic nitrogens is 1. The number of benzene rings is 2. The Morgan fingerprint density at radius 3 is 2.41 bits per heavy atom. The van der Waals surface area contributed by atoms with Crippen LogP contribution in [0.25, 0.3) is 0 Å². The van der Waals surface area contributed by atoms with Crippen molar-refractivity contribution in [2.24, 2.45) is 5.73 Å². The van der Waals surface area contributed by atoms with Gasteiger partial charge in [0.25, 0.3) is 5.91 Å². The molecule has 4 N–H and O–H groups in total. The standard InChI is InChI=1S/C20H18N4O2S/c21-20(26)24-15-10-8-14(9-11-15)13-23-18(25)17-7-4-12-22-19(17)27-16-5-2-1-3-6-16/h1-12H,13H2,(H,23,25)(H3,21,24,26). The maximum atomic E-state index is 12.6. The summed E-state index contributed by atoms with van der Waals surface area (Å²) in [4.78, 5) is 28.8. The molecule has 0 spiro atoms. The first kappa shape index (κ1) is 18.5. The van der Waals surface area contributed by atoms with Crippen molar-refractivity contribution >= 4 is 29.4 Å². The van der Waals surface area contributed by atoms with Gasteiger partial charge in [0.2, 0.25) is 0 Å². The minimum absolute atomic E-state index is 0.194. The van der Waals surface area contributed by atoms with Gasteiger partial charge in [0.15, 0.2) is 0 Å². The molecule has 3 aromatic rings. The van der Waals surface area contributed by atoms with E-state index in [4.69, 9.17) is 5.73 Å². The quantitative estimate of drug-likeness (QED) is 0.610. The van der Waals surface area contributed by atoms with E-state index in [-0.39, 0.29) is 5.91 Å². The number of hydrogen-bond donors (Lipinski definition) is 3. The van der Waals surface area contributed by atoms with E-state index in [0.717, 1.165) is 10.5 Å². The lowest BCUT2D eigenvalue weighted by molar-refractivity contribution is 0.0947. The van der Waals surface area contributed by atoms with Gasteiger partial charge in [0.1, 0.15) is 5.03 Å². The first-order valence-electron chi connectivity index (χ1n) is 8.23. The maximum Gasteiger partial charge on any atom is 0.316 e. The van der Waals surface area contributed by atoms with Crippen LogP contribution in [0.2, 0.25) is 0 Å². The maximum absolute atomic E-state index is 12.6. The number of nitrogens with one attached hydrogen (secondary N) is 2. The number of pyridine rings is 1. The fraction of sp³-hybridized carbons (Fsp3) is 0.0500. The lowest BCUT2D eigenvalue weighted by atomic mass is 10.2. The Morgan fingerprint density at radius 2 is 1.70 bits per heavy atom. The average Bonchev–Trinajstić information content (AvgIpc) is 2.68. The highest BCUT2D eigenvalue weighted by molar-refractivity contribution is 7.99. The molecule has 6 nitrogen and oxygen atoms in total. The number of nitrogens with zero attached hydrogens (tertiary/aromatic N) is 1. The Hall–Kier alpha value is -3.32. The Kier molecular flexibility index (Phi) is 6.06. The van der Waals surface area contributed by atoms with Crippen molar-refractivity contribution in [1.82, 2.24) is 10.3 Å². The fourth-order valence-corrected chi connectivity index (χ4v) is 3.27. The van der Waals surface area contributed by atoms with Crippen LogP contribution >= 0.6 is 11.8 Å². The van der Waals surface area contributed by atoms with E-state index >= 15 is 0 Å². The van der Waals surface area contributed by atoms with E-state index in [1.165, 1.54) is 11.8 Å². The molecule has 0 saturated heterocycles. The van der Waals surface area contributed by atoms with Crippen LogP contribution in [0.1, 0.15) is 15.9 Å². The number of hydrogen-bond acceptors (Lipinski definition) is 4. The molecule has 0 aliphatic carbocycles. The SMILES string of the molecule is NC(=O)Nc1ccc(CNC(=O)c2cccnc2Sc2ccccc2)cc1. The normalized spacial score (nSPS) is 10.2. The molecular weight excluding hydrogens is 360 g/mol. The average molecular weight is 378 g/mol. The third-order valence-corrected chi connectivity index (χ3v) is 4.67. The molecule has 3 rings (SSSR count). The number of carbonyl (C=O) groups excluding carboxylic acids is 2. The van der Waals surface area contributed by atoms with Gasteiger partial charge in [-0.2, -0.15) is 0 Å². The number of anilines is 1. The Bertz CT molecular complexity index is 930. The topological polar surface area (TPSA) is 97.1 Å². The second kappa shape index (κ2) is 8.86. The highest BCUT2D eigenvalue weighted by Crippen LogP contribution is 2.28. The Balaban J connectivity index is 1.65. The third kappa shape index (κ3) is 5.32. The summed E-state index contributed by atoms with van der Waals surface area (Å²) >= 11 is 1.45. The zero-order valence-corrected chi connectivity index (χ0v) is 15.2. The summed E-state index contributed by atoms with van der Waals surface area (Å²) in [6, 6.07) is 19.8. The van der Waals surface area contributed by atoms with Crippen LogP contribution in [-0.2, 0) is 6.54 Å². The van der Waals surface area contributed by atoms with Gasteiger partial charge in [-0.15, -0.1) is 0 Å². The Labute approximate surface area is 161 Å². The molecule has 27 heavy (non-hydrogen) atoms. The summed E-state index contributed by atoms with van der Waals surface area (Å²) in [5.41, 5.74) is 7.11. The number of rotatable bonds is 6. The highest BCUT2D eigenvalue weighted by atomic mass is 32.2. The lowest BCUT2D eigenvalue weighted by Gasteiger charge is -2.10. The van der Waals surface area contributed by atoms with Gasteiger partial charge in [-0.05, 0) is 42.0 Å². The molecule has 1 aromatic heterocycles. The van der Waals surface area contributed by atoms with Crippen LogP contribution < -0.4 is 16.4 Å². The van der Waals surface area contributed by atoms with E-state index in [1.54, 1.807) is 30.5 Å². The minimum atomic E-state index is -0.615. The lowest BCUT2D eigenvalue weighted by Crippen LogP contribution is -2.23. The van der Waals surface area contributed by atoms with E-state index in [1.807, 2.05) is 42.5 Å². The van der Waals surface area contributed by atoms with Gasteiger partial charge in [0.05, 0.1) is 5.56 Å². The fourth-order valence-electron chi connectivity index (χ4n) is 2.37. The number of carbonyl (C=O) groups is 2. The molecule has 0 bridgehead atoms. The van der Waals surface area contributed by atoms with Crippen molar-refractivity contribution in [2.75, 3.05) is 5.32 Å². The second-order valence-corrected chi connectivity index (χ2v) is 6.70. The minimum Gasteiger partial charge on any atom is -0.351 e. The number of amides is 3. The second-order valence-electron chi connectivity index (χ2n) is 5.64. The zero-order chi connectivity index (χ0) is 19.1. The molecule has 0 saturated carbocycles. The van der Waals surface area contributed by atoms with Crippen LogP contribution in [-0.4, -0.2) is 16.9 Å². The van der Waals surface area contributed by atoms with Crippen LogP contribution in [0.5, 0.6) is 0 Å². The zero-order valence-electron chi connectivity index (χ0n) is 14.4. The van der Waals surface area contributed by atoms with Gasteiger partial charge in [-0.1, -0.05) is 42.1 Å². The van der Waals surface area contributed by atoms with E-state index in [9.17, 15) is 9.59 Å². The smallest absolute Gasteiger partial charge is 0.316 e. The molecular formula is C20H18N4O2S. The molecule has 0 radical (unpaired) electrons. The predicted molar refractivity (Wildman–Crippen MR) is 106 cm³/mol. The van der Waals surface area contributed by atoms with Gasteiger partial charge in [-0.3, -0.25) is 4.79 Å². The summed E-state index contributed by atoms with van der Waals surface area (Å²) in [6.45, 7) is 0.361. The summed E-state index contributed by atoms with van der Waals surface area (Å²) in [6.07, 6.45) is 1.67. The molecule has 0 fully saturated rings. The van der Waals surface area contributed by atoms with Crippen molar-refractivity contribution in [2.45, 2.75) is 16.5 Å². The van der Waals surface area contributed by atoms with E-state index < -0.39 is 6.03 Å². The van der Waals surface area contributed by atoms with Crippen LogP contribution in [0, 0.1) is 0 Å². The van der Waals surface area contributed by atoms with E-state index in [2.05, 4.69) is 15.6 Å². The number of primary amides is 1. The van der Waals surface area contributed by atoms with Gasteiger partial charge < -0.3 is 16.4 Å². The van der Waals surface area contributed by atoms with Crippen molar-refractivity contribution in [3.63, 3.8) is 0 Å². The summed E-state index contributed by atoms with van der Waals surface area (Å²) in [5, 5.41) is 6.05. The largest absolute Gasteiger partial charge is 0.351 e. The summed E-state index contributed by atoms with van der Waals surface area (Å²) in [7, 11) is 0. The van der Waals surface area contributed by atoms with Gasteiger partial charge >= 0.3 is 6.03 Å². The van der Waals surface area contributed by atoms with Crippen molar-refractivity contribution in [1.29, 1.82) is 0 Å². The van der Waals surface area contributed by atoms with Crippen LogP contribution in [0.3, 0.4) is 0 Å². The molecule has 136 valence electrons. The predicted octanol–water partition coefficient (Wildman–Crippen LogP) is 3.65. The van der Waals surface area contributed by atoms with Crippen LogP contribution in [0.15, 0.2) is 82.8 Å². The van der Waals surface area contributed by atoms with Crippen molar-refractivity contribution in [3.05, 3.63) is 84.1 Å². The number of nitrogens with two attached hydrogens (primary N) is 1. The van der Waals surface area contributed by atoms with Gasteiger partial charge in [-0.25, -0.2) is 9.78 Å². The molecule has 0 aliphatic rings. The van der Waals surface area contributed by atoms with E-state index in [0.29, 0.717) is 22.8 Å². The molecule has 0 atom stereocenters. The molecule has 0 unspecified atom stereocenters. The first-order valence-corrected chi connectivity index (χ1v) is 9.05. The monoisotopic (exact) mass is 378 g/mol. The molecule has 1 heterocycles. The highest BCUT2D eigenvalue weighted by Gasteiger charge is 2.13. The van der Waals surface area contributed by atoms with Crippen molar-refractivity contribution < 1.29 is 9.59 Å². The molecule has 3 amide bonds. The number of urea groups is 1. The Morgan fingerprint density at radius 1 is 0.963 bits per heavy atom. The van der Waals surface area contributed by atoms with Gasteiger partial charge in [0, 0.05) is 23.3 Å². The van der Waals surface area contributed by atoms with Crippen LogP contribution in [0.4, 0.5) is 10.5 Å². The summed E-state index contributed by atoms with van der Waals surface area (Å²) < 4.78 is 0. The summed E-state index contributed by atoms with van der Waals surface area (Å²) in [5.74, 6) is -0.194. The first-order chi connectivity index (χ1) is 13.1. The molecule has 2 aromatic carbocycles.